The quantitative estimate of drug-likeness (QED) is 0.852. The molecule has 0 aliphatic carbocycles. The number of phenols is 1. The summed E-state index contributed by atoms with van der Waals surface area (Å²) < 4.78 is 10.3. The van der Waals surface area contributed by atoms with Gasteiger partial charge in [0.2, 0.25) is 11.7 Å². The van der Waals surface area contributed by atoms with E-state index in [1.54, 1.807) is 24.3 Å². The lowest BCUT2D eigenvalue weighted by Gasteiger charge is -2.02. The van der Waals surface area contributed by atoms with E-state index in [0.717, 1.165) is 0 Å². The van der Waals surface area contributed by atoms with Crippen LogP contribution < -0.4 is 4.74 Å². The highest BCUT2D eigenvalue weighted by Crippen LogP contribution is 2.16. The molecule has 0 fully saturated rings. The minimum Gasteiger partial charge on any atom is -0.508 e. The van der Waals surface area contributed by atoms with Crippen molar-refractivity contribution in [2.24, 2.45) is 0 Å². The minimum atomic E-state index is 0.209. The maximum Gasteiger partial charge on any atom is 0.226 e. The van der Waals surface area contributed by atoms with Gasteiger partial charge in [0.25, 0.3) is 0 Å². The minimum absolute atomic E-state index is 0.209. The lowest BCUT2D eigenvalue weighted by atomic mass is 10.3. The van der Waals surface area contributed by atoms with Gasteiger partial charge >= 0.3 is 0 Å². The third-order valence-corrected chi connectivity index (χ3v) is 2.02. The maximum absolute atomic E-state index is 9.08. The van der Waals surface area contributed by atoms with Gasteiger partial charge in [0, 0.05) is 6.42 Å². The molecule has 1 N–H and O–H groups in total. The highest BCUT2D eigenvalue weighted by atomic mass is 16.5. The first kappa shape index (κ1) is 10.5. The number of aromatic nitrogens is 2. The van der Waals surface area contributed by atoms with Crippen LogP contribution in [0.25, 0.3) is 0 Å². The van der Waals surface area contributed by atoms with Gasteiger partial charge in [-0.15, -0.1) is 0 Å². The number of aryl methyl sites for hydroxylation is 1. The molecule has 2 rings (SSSR count). The second-order valence-electron chi connectivity index (χ2n) is 3.24. The molecular weight excluding hydrogens is 208 g/mol. The molecule has 0 atom stereocenters. The van der Waals surface area contributed by atoms with E-state index in [2.05, 4.69) is 10.1 Å². The molecule has 1 heterocycles. The molecule has 2 aromatic rings. The van der Waals surface area contributed by atoms with Gasteiger partial charge in [-0.05, 0) is 24.3 Å². The molecule has 0 unspecified atom stereocenters. The number of hydrogen-bond acceptors (Lipinski definition) is 5. The number of ether oxygens (including phenoxy) is 1. The summed E-state index contributed by atoms with van der Waals surface area (Å²) in [5.74, 6) is 1.98. The van der Waals surface area contributed by atoms with Gasteiger partial charge < -0.3 is 14.4 Å². The molecular formula is C11H12N2O3. The first-order valence-electron chi connectivity index (χ1n) is 5.01. The smallest absolute Gasteiger partial charge is 0.226 e. The van der Waals surface area contributed by atoms with Crippen LogP contribution in [0.5, 0.6) is 11.5 Å². The highest BCUT2D eigenvalue weighted by molar-refractivity contribution is 5.30. The fourth-order valence-electron chi connectivity index (χ4n) is 1.18. The van der Waals surface area contributed by atoms with Gasteiger partial charge in [-0.2, -0.15) is 4.98 Å². The van der Waals surface area contributed by atoms with E-state index in [1.165, 1.54) is 0 Å². The molecule has 0 saturated heterocycles. The first-order valence-corrected chi connectivity index (χ1v) is 5.01. The van der Waals surface area contributed by atoms with Crippen molar-refractivity contribution >= 4 is 0 Å². The van der Waals surface area contributed by atoms with Crippen molar-refractivity contribution in [3.63, 3.8) is 0 Å². The molecule has 0 amide bonds. The largest absolute Gasteiger partial charge is 0.508 e. The van der Waals surface area contributed by atoms with E-state index in [9.17, 15) is 0 Å². The van der Waals surface area contributed by atoms with E-state index in [-0.39, 0.29) is 12.4 Å². The number of benzene rings is 1. The molecule has 0 aliphatic heterocycles. The number of phenolic OH excluding ortho intramolecular Hbond substituents is 1. The second-order valence-corrected chi connectivity index (χ2v) is 3.24. The topological polar surface area (TPSA) is 68.4 Å². The first-order chi connectivity index (χ1) is 7.78. The Morgan fingerprint density at radius 2 is 2.06 bits per heavy atom. The summed E-state index contributed by atoms with van der Waals surface area (Å²) in [5.41, 5.74) is 0. The van der Waals surface area contributed by atoms with Crippen molar-refractivity contribution in [3.8, 4) is 11.5 Å². The van der Waals surface area contributed by atoms with Crippen molar-refractivity contribution in [1.29, 1.82) is 0 Å². The van der Waals surface area contributed by atoms with Crippen LogP contribution in [0.4, 0.5) is 0 Å². The Balaban J connectivity index is 1.94. The molecule has 0 aliphatic rings. The summed E-state index contributed by atoms with van der Waals surface area (Å²) in [5, 5.41) is 12.8. The fourth-order valence-corrected chi connectivity index (χ4v) is 1.18. The standard InChI is InChI=1S/C11H12N2O3/c1-2-11-12-10(13-16-11)7-15-9-5-3-8(14)4-6-9/h3-6,14H,2,7H2,1H3. The van der Waals surface area contributed by atoms with E-state index in [1.807, 2.05) is 6.92 Å². The molecule has 0 saturated carbocycles. The van der Waals surface area contributed by atoms with Crippen molar-refractivity contribution in [2.75, 3.05) is 0 Å². The summed E-state index contributed by atoms with van der Waals surface area (Å²) in [6.45, 7) is 2.20. The lowest BCUT2D eigenvalue weighted by Crippen LogP contribution is -1.97. The number of aromatic hydroxyl groups is 1. The zero-order chi connectivity index (χ0) is 11.4. The van der Waals surface area contributed by atoms with Crippen molar-refractivity contribution < 1.29 is 14.4 Å². The second kappa shape index (κ2) is 4.65. The van der Waals surface area contributed by atoms with Gasteiger partial charge in [0.15, 0.2) is 6.61 Å². The van der Waals surface area contributed by atoms with Gasteiger partial charge in [-0.3, -0.25) is 0 Å². The zero-order valence-electron chi connectivity index (χ0n) is 8.88. The zero-order valence-corrected chi connectivity index (χ0v) is 8.88. The molecule has 5 heteroatoms. The summed E-state index contributed by atoms with van der Waals surface area (Å²) in [6.07, 6.45) is 0.714. The Bertz CT molecular complexity index is 451. The molecule has 0 spiro atoms. The third-order valence-electron chi connectivity index (χ3n) is 2.02. The van der Waals surface area contributed by atoms with Crippen LogP contribution in [0, 0.1) is 0 Å². The van der Waals surface area contributed by atoms with E-state index >= 15 is 0 Å². The molecule has 1 aromatic carbocycles. The van der Waals surface area contributed by atoms with Crippen LogP contribution in [0.15, 0.2) is 28.8 Å². The van der Waals surface area contributed by atoms with Gasteiger partial charge in [0.1, 0.15) is 11.5 Å². The van der Waals surface area contributed by atoms with E-state index in [0.29, 0.717) is 23.9 Å². The SMILES string of the molecule is CCc1nc(COc2ccc(O)cc2)no1. The molecule has 5 nitrogen and oxygen atoms in total. The van der Waals surface area contributed by atoms with Crippen LogP contribution in [-0.4, -0.2) is 15.2 Å². The van der Waals surface area contributed by atoms with Crippen LogP contribution in [0.3, 0.4) is 0 Å². The van der Waals surface area contributed by atoms with Crippen molar-refractivity contribution in [1.82, 2.24) is 10.1 Å². The molecule has 0 bridgehead atoms. The van der Waals surface area contributed by atoms with Crippen LogP contribution in [0.2, 0.25) is 0 Å². The summed E-state index contributed by atoms with van der Waals surface area (Å²) in [4.78, 5) is 4.11. The number of rotatable bonds is 4. The monoisotopic (exact) mass is 220 g/mol. The average molecular weight is 220 g/mol. The van der Waals surface area contributed by atoms with E-state index < -0.39 is 0 Å². The Hall–Kier alpha value is -2.04. The normalized spacial score (nSPS) is 10.3. The predicted octanol–water partition coefficient (Wildman–Crippen LogP) is 1.92. The van der Waals surface area contributed by atoms with Crippen molar-refractivity contribution in [2.45, 2.75) is 20.0 Å². The van der Waals surface area contributed by atoms with Crippen molar-refractivity contribution in [3.05, 3.63) is 36.0 Å². The Kier molecular flexibility index (Phi) is 3.05. The third kappa shape index (κ3) is 2.50. The summed E-state index contributed by atoms with van der Waals surface area (Å²) >= 11 is 0. The summed E-state index contributed by atoms with van der Waals surface area (Å²) in [6, 6.07) is 6.47. The fraction of sp³-hybridized carbons (Fsp3) is 0.273. The van der Waals surface area contributed by atoms with Crippen LogP contribution >= 0.6 is 0 Å². The Morgan fingerprint density at radius 1 is 1.31 bits per heavy atom. The molecule has 1 aromatic heterocycles. The van der Waals surface area contributed by atoms with Gasteiger partial charge in [0.05, 0.1) is 0 Å². The Morgan fingerprint density at radius 3 is 2.69 bits per heavy atom. The van der Waals surface area contributed by atoms with Gasteiger partial charge in [-0.1, -0.05) is 12.1 Å². The molecule has 16 heavy (non-hydrogen) atoms. The average Bonchev–Trinajstić information content (AvgIpc) is 2.76. The molecule has 0 radical (unpaired) electrons. The van der Waals surface area contributed by atoms with Gasteiger partial charge in [-0.25, -0.2) is 0 Å². The van der Waals surface area contributed by atoms with E-state index in [4.69, 9.17) is 14.4 Å². The lowest BCUT2D eigenvalue weighted by molar-refractivity contribution is 0.285. The maximum atomic E-state index is 9.08. The highest BCUT2D eigenvalue weighted by Gasteiger charge is 2.04. The number of nitrogens with zero attached hydrogens (tertiary/aromatic N) is 2. The predicted molar refractivity (Wildman–Crippen MR) is 56.1 cm³/mol. The number of hydrogen-bond donors (Lipinski definition) is 1. The molecule has 84 valence electrons. The Labute approximate surface area is 92.7 Å². The van der Waals surface area contributed by atoms with Crippen LogP contribution in [-0.2, 0) is 13.0 Å². The summed E-state index contributed by atoms with van der Waals surface area (Å²) in [7, 11) is 0. The van der Waals surface area contributed by atoms with Crippen LogP contribution in [0.1, 0.15) is 18.6 Å².